The minimum atomic E-state index is -4.41. The molecule has 0 saturated heterocycles. The normalized spacial score (nSPS) is 17.4. The Balaban J connectivity index is 1.81. The van der Waals surface area contributed by atoms with E-state index in [0.29, 0.717) is 11.2 Å². The molecule has 1 saturated carbocycles. The first kappa shape index (κ1) is 19.1. The molecule has 0 radical (unpaired) electrons. The zero-order valence-corrected chi connectivity index (χ0v) is 15.4. The van der Waals surface area contributed by atoms with Gasteiger partial charge in [0.1, 0.15) is 6.54 Å². The number of carbonyl (C=O) groups is 1. The number of benzene rings is 1. The maximum absolute atomic E-state index is 12.3. The Kier molecular flexibility index (Phi) is 5.79. The Hall–Kier alpha value is -1.70. The lowest BCUT2D eigenvalue weighted by molar-refractivity contribution is -0.137. The van der Waals surface area contributed by atoms with Gasteiger partial charge >= 0.3 is 6.18 Å². The van der Waals surface area contributed by atoms with E-state index in [1.54, 1.807) is 6.92 Å². The van der Waals surface area contributed by atoms with Crippen molar-refractivity contribution in [2.45, 2.75) is 61.7 Å². The molecule has 0 unspecified atom stereocenters. The molecule has 0 aliphatic heterocycles. The first-order valence-corrected chi connectivity index (χ1v) is 9.71. The summed E-state index contributed by atoms with van der Waals surface area (Å²) in [4.78, 5) is 16.7. The number of aromatic nitrogens is 2. The molecule has 1 N–H and O–H groups in total. The van der Waals surface area contributed by atoms with Crippen LogP contribution in [0.1, 0.15) is 45.1 Å². The number of hydrogen-bond acceptors (Lipinski definition) is 3. The summed E-state index contributed by atoms with van der Waals surface area (Å²) in [7, 11) is 0. The molecule has 2 aromatic rings. The van der Waals surface area contributed by atoms with E-state index in [0.717, 1.165) is 36.7 Å². The number of thioether (sulfide) groups is 1. The van der Waals surface area contributed by atoms with Gasteiger partial charge in [-0.2, -0.15) is 13.2 Å². The van der Waals surface area contributed by atoms with Crippen molar-refractivity contribution in [2.75, 3.05) is 6.54 Å². The fourth-order valence-corrected chi connectivity index (χ4v) is 4.36. The lowest BCUT2D eigenvalue weighted by atomic mass is 9.95. The molecule has 3 rings (SSSR count). The molecule has 1 amide bonds. The number of amides is 1. The summed E-state index contributed by atoms with van der Waals surface area (Å²) in [5, 5.41) is 2.00. The highest BCUT2D eigenvalue weighted by Gasteiger charge is 2.30. The van der Waals surface area contributed by atoms with Gasteiger partial charge in [-0.25, -0.2) is 4.98 Å². The van der Waals surface area contributed by atoms with Crippen LogP contribution < -0.4 is 5.32 Å². The zero-order valence-electron chi connectivity index (χ0n) is 14.6. The molecule has 142 valence electrons. The summed E-state index contributed by atoms with van der Waals surface area (Å²) >= 11 is 1.22. The van der Waals surface area contributed by atoms with Gasteiger partial charge in [-0.15, -0.1) is 0 Å². The minimum absolute atomic E-state index is 0.323. The highest BCUT2D eigenvalue weighted by atomic mass is 32.2. The zero-order chi connectivity index (χ0) is 18.7. The third-order valence-electron chi connectivity index (χ3n) is 4.62. The fraction of sp³-hybridized carbons (Fsp3) is 0.556. The van der Waals surface area contributed by atoms with Gasteiger partial charge in [0, 0.05) is 6.04 Å². The van der Waals surface area contributed by atoms with Crippen LogP contribution >= 0.6 is 11.8 Å². The van der Waals surface area contributed by atoms with Gasteiger partial charge in [0.25, 0.3) is 0 Å². The van der Waals surface area contributed by atoms with Gasteiger partial charge in [0.15, 0.2) is 5.16 Å². The van der Waals surface area contributed by atoms with Crippen LogP contribution in [0, 0.1) is 0 Å². The fourth-order valence-electron chi connectivity index (χ4n) is 3.34. The molecule has 0 spiro atoms. The van der Waals surface area contributed by atoms with E-state index < -0.39 is 23.9 Å². The SMILES string of the molecule is C[C@H](Sc1nc2ccccc2n1C1CCCCC1)C(=O)NCC(F)(F)F. The lowest BCUT2D eigenvalue weighted by Gasteiger charge is -2.25. The van der Waals surface area contributed by atoms with Crippen molar-refractivity contribution < 1.29 is 18.0 Å². The lowest BCUT2D eigenvalue weighted by Crippen LogP contribution is -2.38. The molecular formula is C18H22F3N3OS. The van der Waals surface area contributed by atoms with E-state index in [1.165, 1.54) is 18.2 Å². The molecule has 1 aromatic carbocycles. The maximum atomic E-state index is 12.3. The quantitative estimate of drug-likeness (QED) is 0.759. The Bertz CT molecular complexity index is 769. The van der Waals surface area contributed by atoms with E-state index in [2.05, 4.69) is 9.55 Å². The number of imidazole rings is 1. The van der Waals surface area contributed by atoms with Crippen LogP contribution in [0.3, 0.4) is 0 Å². The highest BCUT2D eigenvalue weighted by molar-refractivity contribution is 8.00. The topological polar surface area (TPSA) is 46.9 Å². The Labute approximate surface area is 154 Å². The van der Waals surface area contributed by atoms with Crippen molar-refractivity contribution in [1.82, 2.24) is 14.9 Å². The van der Waals surface area contributed by atoms with Gasteiger partial charge in [-0.3, -0.25) is 4.79 Å². The number of nitrogens with zero attached hydrogens (tertiary/aromatic N) is 2. The second-order valence-electron chi connectivity index (χ2n) is 6.64. The van der Waals surface area contributed by atoms with Crippen LogP contribution in [-0.4, -0.2) is 33.4 Å². The molecule has 1 aliphatic rings. The van der Waals surface area contributed by atoms with Crippen molar-refractivity contribution in [2.24, 2.45) is 0 Å². The van der Waals surface area contributed by atoms with Crippen LogP contribution in [0.2, 0.25) is 0 Å². The van der Waals surface area contributed by atoms with Gasteiger partial charge < -0.3 is 9.88 Å². The van der Waals surface area contributed by atoms with Crippen molar-refractivity contribution in [1.29, 1.82) is 0 Å². The largest absolute Gasteiger partial charge is 0.405 e. The van der Waals surface area contributed by atoms with Gasteiger partial charge in [-0.05, 0) is 31.9 Å². The summed E-state index contributed by atoms with van der Waals surface area (Å²) in [6, 6.07) is 8.12. The molecule has 8 heteroatoms. The van der Waals surface area contributed by atoms with E-state index in [-0.39, 0.29) is 0 Å². The summed E-state index contributed by atoms with van der Waals surface area (Å²) in [5.74, 6) is -0.630. The van der Waals surface area contributed by atoms with Crippen LogP contribution in [-0.2, 0) is 4.79 Å². The molecule has 1 atom stereocenters. The van der Waals surface area contributed by atoms with Crippen molar-refractivity contribution in [3.63, 3.8) is 0 Å². The third kappa shape index (κ3) is 4.52. The number of para-hydroxylation sites is 2. The van der Waals surface area contributed by atoms with Gasteiger partial charge in [0.05, 0.1) is 16.3 Å². The number of fused-ring (bicyclic) bond motifs is 1. The smallest absolute Gasteiger partial charge is 0.346 e. The molecule has 1 fully saturated rings. The number of alkyl halides is 3. The third-order valence-corrected chi connectivity index (χ3v) is 5.68. The predicted octanol–water partition coefficient (Wildman–Crippen LogP) is 4.70. The van der Waals surface area contributed by atoms with E-state index in [9.17, 15) is 18.0 Å². The number of carbonyl (C=O) groups excluding carboxylic acids is 1. The molecule has 0 bridgehead atoms. The molecule has 26 heavy (non-hydrogen) atoms. The summed E-state index contributed by atoms with van der Waals surface area (Å²) in [5.41, 5.74) is 1.87. The number of rotatable bonds is 5. The summed E-state index contributed by atoms with van der Waals surface area (Å²) in [6.07, 6.45) is 1.24. The van der Waals surface area contributed by atoms with Gasteiger partial charge in [-0.1, -0.05) is 43.2 Å². The van der Waals surface area contributed by atoms with Crippen LogP contribution in [0.5, 0.6) is 0 Å². The van der Waals surface area contributed by atoms with Crippen molar-refractivity contribution >= 4 is 28.7 Å². The molecule has 1 aromatic heterocycles. The first-order chi connectivity index (χ1) is 12.3. The highest BCUT2D eigenvalue weighted by Crippen LogP contribution is 2.36. The molecule has 4 nitrogen and oxygen atoms in total. The van der Waals surface area contributed by atoms with Crippen LogP contribution in [0.4, 0.5) is 13.2 Å². The van der Waals surface area contributed by atoms with E-state index >= 15 is 0 Å². The first-order valence-electron chi connectivity index (χ1n) is 8.83. The van der Waals surface area contributed by atoms with Crippen molar-refractivity contribution in [3.05, 3.63) is 24.3 Å². The number of halogens is 3. The average Bonchev–Trinajstić information content (AvgIpc) is 2.97. The number of hydrogen-bond donors (Lipinski definition) is 1. The Morgan fingerprint density at radius 3 is 2.69 bits per heavy atom. The standard InChI is InChI=1S/C18H22F3N3OS/c1-12(16(25)22-11-18(19,20)21)26-17-23-14-9-5-6-10-15(14)24(17)13-7-3-2-4-8-13/h5-6,9-10,12-13H,2-4,7-8,11H2,1H3,(H,22,25)/t12-/m0/s1. The van der Waals surface area contributed by atoms with Crippen molar-refractivity contribution in [3.8, 4) is 0 Å². The van der Waals surface area contributed by atoms with E-state index in [1.807, 2.05) is 29.6 Å². The Morgan fingerprint density at radius 2 is 2.00 bits per heavy atom. The van der Waals surface area contributed by atoms with E-state index in [4.69, 9.17) is 0 Å². The predicted molar refractivity (Wildman–Crippen MR) is 96.2 cm³/mol. The maximum Gasteiger partial charge on any atom is 0.405 e. The molecule has 1 heterocycles. The van der Waals surface area contributed by atoms with Crippen LogP contribution in [0.15, 0.2) is 29.4 Å². The summed E-state index contributed by atoms with van der Waals surface area (Å²) in [6.45, 7) is 0.302. The molecular weight excluding hydrogens is 363 g/mol. The second kappa shape index (κ2) is 7.90. The summed E-state index contributed by atoms with van der Waals surface area (Å²) < 4.78 is 39.1. The minimum Gasteiger partial charge on any atom is -0.346 e. The van der Waals surface area contributed by atoms with Gasteiger partial charge in [0.2, 0.25) is 5.91 Å². The number of nitrogens with one attached hydrogen (secondary N) is 1. The average molecular weight is 385 g/mol. The molecule has 1 aliphatic carbocycles. The second-order valence-corrected chi connectivity index (χ2v) is 7.95. The van der Waals surface area contributed by atoms with Crippen LogP contribution in [0.25, 0.3) is 11.0 Å². The monoisotopic (exact) mass is 385 g/mol. The Morgan fingerprint density at radius 1 is 1.31 bits per heavy atom.